The molecule has 0 N–H and O–H groups in total. The Kier molecular flexibility index (Phi) is 3.59. The molecule has 3 nitrogen and oxygen atoms in total. The zero-order chi connectivity index (χ0) is 13.0. The first-order chi connectivity index (χ1) is 8.77. The van der Waals surface area contributed by atoms with Crippen molar-refractivity contribution in [3.63, 3.8) is 0 Å². The minimum atomic E-state index is -0.118. The molecule has 0 fully saturated rings. The average Bonchev–Trinajstić information content (AvgIpc) is 2.43. The lowest BCUT2D eigenvalue weighted by molar-refractivity contribution is 0.0781. The average molecular weight is 238 g/mol. The number of benzene rings is 1. The van der Waals surface area contributed by atoms with Crippen molar-refractivity contribution in [3.8, 4) is 12.3 Å². The number of hydrogen-bond donors (Lipinski definition) is 0. The summed E-state index contributed by atoms with van der Waals surface area (Å²) in [6, 6.07) is 9.60. The Labute approximate surface area is 106 Å². The molecule has 3 heteroatoms. The smallest absolute Gasteiger partial charge is 0.273 e. The van der Waals surface area contributed by atoms with Crippen LogP contribution < -0.4 is 0 Å². The van der Waals surface area contributed by atoms with Crippen LogP contribution >= 0.6 is 0 Å². The predicted molar refractivity (Wildman–Crippen MR) is 72.2 cm³/mol. The third-order valence-electron chi connectivity index (χ3n) is 2.83. The number of pyridine rings is 1. The molecule has 0 aliphatic heterocycles. The highest BCUT2D eigenvalue weighted by atomic mass is 16.2. The molecule has 1 aromatic carbocycles. The van der Waals surface area contributed by atoms with E-state index in [9.17, 15) is 4.79 Å². The van der Waals surface area contributed by atoms with Crippen LogP contribution in [0.4, 0.5) is 0 Å². The molecule has 0 aliphatic rings. The molecule has 0 radical (unpaired) electrons. The summed E-state index contributed by atoms with van der Waals surface area (Å²) in [5.41, 5.74) is 0.463. The molecule has 0 aliphatic carbocycles. The SMILES string of the molecule is C#CCN(CC)C(=O)c1nccc2ccccc12. The van der Waals surface area contributed by atoms with Crippen LogP contribution in [-0.2, 0) is 0 Å². The standard InChI is InChI=1S/C15H14N2O/c1-3-11-17(4-2)15(18)14-13-8-6-5-7-12(13)9-10-16-14/h1,5-10H,4,11H2,2H3. The number of carbonyl (C=O) groups is 1. The van der Waals surface area contributed by atoms with Crippen LogP contribution in [0.2, 0.25) is 0 Å². The second kappa shape index (κ2) is 5.33. The lowest BCUT2D eigenvalue weighted by Gasteiger charge is -2.18. The van der Waals surface area contributed by atoms with E-state index in [2.05, 4.69) is 10.9 Å². The number of fused-ring (bicyclic) bond motifs is 1. The summed E-state index contributed by atoms with van der Waals surface area (Å²) in [5, 5.41) is 1.87. The van der Waals surface area contributed by atoms with E-state index in [4.69, 9.17) is 6.42 Å². The lowest BCUT2D eigenvalue weighted by Crippen LogP contribution is -2.31. The van der Waals surface area contributed by atoms with E-state index < -0.39 is 0 Å². The van der Waals surface area contributed by atoms with Gasteiger partial charge in [0.1, 0.15) is 5.69 Å². The molecule has 2 aromatic rings. The Morgan fingerprint density at radius 1 is 1.39 bits per heavy atom. The fourth-order valence-electron chi connectivity index (χ4n) is 1.88. The highest BCUT2D eigenvalue weighted by molar-refractivity contribution is 6.05. The molecule has 0 saturated carbocycles. The molecule has 1 aromatic heterocycles. The summed E-state index contributed by atoms with van der Waals surface area (Å²) in [4.78, 5) is 18.2. The first-order valence-electron chi connectivity index (χ1n) is 5.84. The van der Waals surface area contributed by atoms with Gasteiger partial charge in [-0.1, -0.05) is 30.2 Å². The van der Waals surface area contributed by atoms with Crippen LogP contribution in [0.5, 0.6) is 0 Å². The number of amides is 1. The molecule has 0 saturated heterocycles. The molecular formula is C15H14N2O. The third kappa shape index (κ3) is 2.18. The minimum absolute atomic E-state index is 0.118. The number of carbonyl (C=O) groups excluding carboxylic acids is 1. The van der Waals surface area contributed by atoms with Crippen LogP contribution in [-0.4, -0.2) is 28.9 Å². The van der Waals surface area contributed by atoms with Crippen LogP contribution in [0.15, 0.2) is 36.5 Å². The van der Waals surface area contributed by atoms with E-state index in [-0.39, 0.29) is 5.91 Å². The maximum atomic E-state index is 12.3. The summed E-state index contributed by atoms with van der Waals surface area (Å²) in [6.45, 7) is 2.79. The molecule has 18 heavy (non-hydrogen) atoms. The van der Waals surface area contributed by atoms with Gasteiger partial charge in [-0.3, -0.25) is 9.78 Å². The normalized spacial score (nSPS) is 10.0. The van der Waals surface area contributed by atoms with Gasteiger partial charge in [-0.05, 0) is 18.4 Å². The maximum absolute atomic E-state index is 12.3. The Bertz CT molecular complexity index is 608. The molecule has 1 amide bonds. The van der Waals surface area contributed by atoms with E-state index in [1.807, 2.05) is 37.3 Å². The molecular weight excluding hydrogens is 224 g/mol. The van der Waals surface area contributed by atoms with E-state index >= 15 is 0 Å². The fourth-order valence-corrected chi connectivity index (χ4v) is 1.88. The van der Waals surface area contributed by atoms with Gasteiger partial charge in [0, 0.05) is 18.1 Å². The first kappa shape index (κ1) is 12.1. The number of nitrogens with zero attached hydrogens (tertiary/aromatic N) is 2. The number of hydrogen-bond acceptors (Lipinski definition) is 2. The molecule has 1 heterocycles. The van der Waals surface area contributed by atoms with Gasteiger partial charge in [-0.2, -0.15) is 0 Å². The Morgan fingerprint density at radius 3 is 2.89 bits per heavy atom. The van der Waals surface area contributed by atoms with Gasteiger partial charge >= 0.3 is 0 Å². The summed E-state index contributed by atoms with van der Waals surface area (Å²) in [7, 11) is 0. The van der Waals surface area contributed by atoms with Crippen molar-refractivity contribution in [2.45, 2.75) is 6.92 Å². The second-order valence-electron chi connectivity index (χ2n) is 3.90. The highest BCUT2D eigenvalue weighted by Crippen LogP contribution is 2.17. The maximum Gasteiger partial charge on any atom is 0.273 e. The zero-order valence-electron chi connectivity index (χ0n) is 10.3. The lowest BCUT2D eigenvalue weighted by atomic mass is 10.1. The topological polar surface area (TPSA) is 33.2 Å². The summed E-state index contributed by atoms with van der Waals surface area (Å²) in [6.07, 6.45) is 6.92. The van der Waals surface area contributed by atoms with Crippen molar-refractivity contribution >= 4 is 16.7 Å². The van der Waals surface area contributed by atoms with E-state index in [1.54, 1.807) is 11.1 Å². The Morgan fingerprint density at radius 2 is 2.17 bits per heavy atom. The largest absolute Gasteiger partial charge is 0.326 e. The van der Waals surface area contributed by atoms with Crippen molar-refractivity contribution in [2.75, 3.05) is 13.1 Å². The van der Waals surface area contributed by atoms with E-state index in [0.29, 0.717) is 18.8 Å². The van der Waals surface area contributed by atoms with Crippen molar-refractivity contribution < 1.29 is 4.79 Å². The number of rotatable bonds is 3. The van der Waals surface area contributed by atoms with Crippen molar-refractivity contribution in [1.82, 2.24) is 9.88 Å². The fraction of sp³-hybridized carbons (Fsp3) is 0.200. The quantitative estimate of drug-likeness (QED) is 0.769. The van der Waals surface area contributed by atoms with Gasteiger partial charge in [-0.25, -0.2) is 0 Å². The summed E-state index contributed by atoms with van der Waals surface area (Å²) in [5.74, 6) is 2.38. The number of aromatic nitrogens is 1. The molecule has 0 unspecified atom stereocenters. The van der Waals surface area contributed by atoms with Gasteiger partial charge in [0.05, 0.1) is 6.54 Å². The van der Waals surface area contributed by atoms with Crippen molar-refractivity contribution in [3.05, 3.63) is 42.2 Å². The summed E-state index contributed by atoms with van der Waals surface area (Å²) >= 11 is 0. The van der Waals surface area contributed by atoms with Gasteiger partial charge in [-0.15, -0.1) is 6.42 Å². The van der Waals surface area contributed by atoms with Gasteiger partial charge in [0.25, 0.3) is 5.91 Å². The van der Waals surface area contributed by atoms with Crippen molar-refractivity contribution in [1.29, 1.82) is 0 Å². The Balaban J connectivity index is 2.48. The van der Waals surface area contributed by atoms with Crippen molar-refractivity contribution in [2.24, 2.45) is 0 Å². The van der Waals surface area contributed by atoms with Crippen LogP contribution in [0.3, 0.4) is 0 Å². The summed E-state index contributed by atoms with van der Waals surface area (Å²) < 4.78 is 0. The molecule has 2 rings (SSSR count). The highest BCUT2D eigenvalue weighted by Gasteiger charge is 2.16. The van der Waals surface area contributed by atoms with E-state index in [0.717, 1.165) is 10.8 Å². The predicted octanol–water partition coefficient (Wildman–Crippen LogP) is 2.33. The third-order valence-corrected chi connectivity index (χ3v) is 2.83. The molecule has 0 atom stereocenters. The molecule has 0 bridgehead atoms. The van der Waals surface area contributed by atoms with E-state index in [1.165, 1.54) is 0 Å². The monoisotopic (exact) mass is 238 g/mol. The van der Waals surface area contributed by atoms with Crippen LogP contribution in [0, 0.1) is 12.3 Å². The second-order valence-corrected chi connectivity index (χ2v) is 3.90. The Hall–Kier alpha value is -2.34. The molecule has 0 spiro atoms. The minimum Gasteiger partial charge on any atom is -0.326 e. The zero-order valence-corrected chi connectivity index (χ0v) is 10.3. The first-order valence-corrected chi connectivity index (χ1v) is 5.84. The number of terminal acetylenes is 1. The van der Waals surface area contributed by atoms with Gasteiger partial charge in [0.2, 0.25) is 0 Å². The van der Waals surface area contributed by atoms with Crippen LogP contribution in [0.1, 0.15) is 17.4 Å². The van der Waals surface area contributed by atoms with Gasteiger partial charge in [0.15, 0.2) is 0 Å². The molecule has 90 valence electrons. The van der Waals surface area contributed by atoms with Gasteiger partial charge < -0.3 is 4.90 Å². The van der Waals surface area contributed by atoms with Crippen LogP contribution in [0.25, 0.3) is 10.8 Å².